The number of hydrogen-bond acceptors (Lipinski definition) is 2. The van der Waals surface area contributed by atoms with E-state index in [1.54, 1.807) is 36.2 Å². The van der Waals surface area contributed by atoms with Gasteiger partial charge in [-0.2, -0.15) is 0 Å². The minimum absolute atomic E-state index is 0.0687. The third-order valence-corrected chi connectivity index (χ3v) is 5.07. The molecule has 26 heavy (non-hydrogen) atoms. The third-order valence-electron chi connectivity index (χ3n) is 5.07. The zero-order chi connectivity index (χ0) is 18.8. The number of rotatable bonds is 5. The van der Waals surface area contributed by atoms with E-state index < -0.39 is 0 Å². The van der Waals surface area contributed by atoms with Crippen molar-refractivity contribution in [3.63, 3.8) is 0 Å². The molecule has 2 aromatic carbocycles. The molecule has 1 saturated carbocycles. The average Bonchev–Trinajstić information content (AvgIpc) is 3.38. The van der Waals surface area contributed by atoms with Gasteiger partial charge >= 0.3 is 0 Å². The van der Waals surface area contributed by atoms with E-state index in [2.05, 4.69) is 32.2 Å². The molecule has 4 heteroatoms. The van der Waals surface area contributed by atoms with E-state index >= 15 is 0 Å². The van der Waals surface area contributed by atoms with Crippen molar-refractivity contribution >= 4 is 23.2 Å². The summed E-state index contributed by atoms with van der Waals surface area (Å²) in [4.78, 5) is 26.4. The molecule has 0 bridgehead atoms. The summed E-state index contributed by atoms with van der Waals surface area (Å²) in [6.45, 7) is 6.35. The lowest BCUT2D eigenvalue weighted by molar-refractivity contribution is -0.117. The zero-order valence-corrected chi connectivity index (χ0v) is 15.8. The van der Waals surface area contributed by atoms with Crippen LogP contribution in [0, 0.1) is 11.8 Å². The van der Waals surface area contributed by atoms with Crippen molar-refractivity contribution in [2.24, 2.45) is 11.8 Å². The Morgan fingerprint density at radius 1 is 1.12 bits per heavy atom. The summed E-state index contributed by atoms with van der Waals surface area (Å²) >= 11 is 0. The van der Waals surface area contributed by atoms with E-state index in [1.807, 2.05) is 18.2 Å². The maximum atomic E-state index is 12.8. The molecule has 2 aromatic rings. The second kappa shape index (κ2) is 7.32. The van der Waals surface area contributed by atoms with E-state index in [1.165, 1.54) is 5.56 Å². The Hall–Kier alpha value is -2.62. The molecular formula is C22H26N2O2. The number of nitrogens with zero attached hydrogens (tertiary/aromatic N) is 1. The van der Waals surface area contributed by atoms with E-state index in [0.717, 1.165) is 17.8 Å². The number of benzene rings is 2. The normalized spacial score (nSPS) is 18.5. The first kappa shape index (κ1) is 18.2. The monoisotopic (exact) mass is 350 g/mol. The predicted octanol–water partition coefficient (Wildman–Crippen LogP) is 4.68. The summed E-state index contributed by atoms with van der Waals surface area (Å²) in [5.74, 6) is 1.02. The number of amides is 2. The van der Waals surface area contributed by atoms with Gasteiger partial charge in [0.25, 0.3) is 5.91 Å². The van der Waals surface area contributed by atoms with Gasteiger partial charge in [-0.15, -0.1) is 0 Å². The van der Waals surface area contributed by atoms with Gasteiger partial charge in [0.2, 0.25) is 5.91 Å². The van der Waals surface area contributed by atoms with Crippen molar-refractivity contribution in [3.8, 4) is 0 Å². The van der Waals surface area contributed by atoms with E-state index in [0.29, 0.717) is 17.4 Å². The van der Waals surface area contributed by atoms with Crippen LogP contribution in [0.4, 0.5) is 11.4 Å². The maximum absolute atomic E-state index is 12.8. The maximum Gasteiger partial charge on any atom is 0.258 e. The largest absolute Gasteiger partial charge is 0.326 e. The molecule has 2 unspecified atom stereocenters. The van der Waals surface area contributed by atoms with Crippen molar-refractivity contribution in [2.45, 2.75) is 33.1 Å². The molecule has 1 N–H and O–H groups in total. The number of carbonyl (C=O) groups excluding carboxylic acids is 2. The van der Waals surface area contributed by atoms with Crippen molar-refractivity contribution in [1.29, 1.82) is 0 Å². The first-order valence-corrected chi connectivity index (χ1v) is 9.15. The number of hydrogen-bond donors (Lipinski definition) is 1. The van der Waals surface area contributed by atoms with Crippen LogP contribution in [0.3, 0.4) is 0 Å². The van der Waals surface area contributed by atoms with Crippen molar-refractivity contribution in [1.82, 2.24) is 0 Å². The van der Waals surface area contributed by atoms with Gasteiger partial charge in [0.15, 0.2) is 0 Å². The van der Waals surface area contributed by atoms with Gasteiger partial charge in [-0.25, -0.2) is 0 Å². The summed E-state index contributed by atoms with van der Waals surface area (Å²) in [6, 6.07) is 15.1. The summed E-state index contributed by atoms with van der Waals surface area (Å²) < 4.78 is 0. The molecule has 0 saturated heterocycles. The van der Waals surface area contributed by atoms with Crippen LogP contribution < -0.4 is 10.2 Å². The van der Waals surface area contributed by atoms with Crippen LogP contribution >= 0.6 is 0 Å². The molecule has 0 aromatic heterocycles. The Labute approximate surface area is 155 Å². The van der Waals surface area contributed by atoms with Crippen LogP contribution in [0.2, 0.25) is 0 Å². The molecule has 1 aliphatic carbocycles. The molecule has 0 heterocycles. The van der Waals surface area contributed by atoms with E-state index in [9.17, 15) is 9.59 Å². The molecule has 4 nitrogen and oxygen atoms in total. The Kier molecular flexibility index (Phi) is 5.12. The Balaban J connectivity index is 1.69. The highest BCUT2D eigenvalue weighted by Gasteiger charge is 2.39. The fourth-order valence-corrected chi connectivity index (χ4v) is 3.02. The molecule has 2 amide bonds. The van der Waals surface area contributed by atoms with Crippen LogP contribution in [0.15, 0.2) is 48.5 Å². The van der Waals surface area contributed by atoms with Gasteiger partial charge in [-0.05, 0) is 60.2 Å². The van der Waals surface area contributed by atoms with Gasteiger partial charge in [0, 0.05) is 29.9 Å². The second-order valence-corrected chi connectivity index (χ2v) is 7.50. The van der Waals surface area contributed by atoms with Gasteiger partial charge < -0.3 is 10.2 Å². The molecule has 2 atom stereocenters. The summed E-state index contributed by atoms with van der Waals surface area (Å²) in [5, 5.41) is 2.92. The smallest absolute Gasteiger partial charge is 0.258 e. The first-order chi connectivity index (χ1) is 12.4. The lowest BCUT2D eigenvalue weighted by Gasteiger charge is -2.19. The molecule has 136 valence electrons. The molecule has 0 aliphatic heterocycles. The summed E-state index contributed by atoms with van der Waals surface area (Å²) in [6.07, 6.45) is 0.961. The lowest BCUT2D eigenvalue weighted by atomic mass is 10.0. The fraction of sp³-hybridized carbons (Fsp3) is 0.364. The Bertz CT molecular complexity index is 811. The Morgan fingerprint density at radius 2 is 1.77 bits per heavy atom. The number of carbonyl (C=O) groups is 2. The van der Waals surface area contributed by atoms with Crippen LogP contribution in [-0.2, 0) is 4.79 Å². The van der Waals surface area contributed by atoms with E-state index in [-0.39, 0.29) is 17.7 Å². The number of nitrogens with one attached hydrogen (secondary N) is 1. The topological polar surface area (TPSA) is 49.4 Å². The van der Waals surface area contributed by atoms with Gasteiger partial charge in [-0.3, -0.25) is 9.59 Å². The van der Waals surface area contributed by atoms with Crippen molar-refractivity contribution in [3.05, 3.63) is 59.7 Å². The second-order valence-electron chi connectivity index (χ2n) is 7.50. The highest BCUT2D eigenvalue weighted by molar-refractivity contribution is 6.06. The fourth-order valence-electron chi connectivity index (χ4n) is 3.02. The van der Waals surface area contributed by atoms with Crippen LogP contribution in [0.1, 0.15) is 49.0 Å². The average molecular weight is 350 g/mol. The van der Waals surface area contributed by atoms with Crippen molar-refractivity contribution < 1.29 is 9.59 Å². The molecule has 1 aliphatic rings. The predicted molar refractivity (Wildman–Crippen MR) is 106 cm³/mol. The van der Waals surface area contributed by atoms with Crippen LogP contribution in [-0.4, -0.2) is 18.9 Å². The molecule has 0 radical (unpaired) electrons. The highest BCUT2D eigenvalue weighted by atomic mass is 16.2. The lowest BCUT2D eigenvalue weighted by Crippen LogP contribution is -2.26. The molecular weight excluding hydrogens is 324 g/mol. The van der Waals surface area contributed by atoms with Crippen LogP contribution in [0.25, 0.3) is 0 Å². The SMILES string of the molecule is CC(C)c1cccc(N(C)C(=O)c2ccc(NC(=O)C3CC3C)cc2)c1. The third kappa shape index (κ3) is 3.96. The Morgan fingerprint density at radius 3 is 2.35 bits per heavy atom. The molecule has 3 rings (SSSR count). The first-order valence-electron chi connectivity index (χ1n) is 9.15. The molecule has 0 spiro atoms. The zero-order valence-electron chi connectivity index (χ0n) is 15.8. The van der Waals surface area contributed by atoms with Crippen LogP contribution in [0.5, 0.6) is 0 Å². The van der Waals surface area contributed by atoms with Crippen molar-refractivity contribution in [2.75, 3.05) is 17.3 Å². The summed E-state index contributed by atoms with van der Waals surface area (Å²) in [7, 11) is 1.78. The highest BCUT2D eigenvalue weighted by Crippen LogP contribution is 2.38. The molecule has 1 fully saturated rings. The minimum atomic E-state index is -0.0698. The quantitative estimate of drug-likeness (QED) is 0.851. The standard InChI is InChI=1S/C22H26N2O2/c1-14(2)17-6-5-7-19(13-17)24(4)22(26)16-8-10-18(11-9-16)23-21(25)20-12-15(20)3/h5-11,13-15,20H,12H2,1-4H3,(H,23,25). The minimum Gasteiger partial charge on any atom is -0.326 e. The van der Waals surface area contributed by atoms with Gasteiger partial charge in [0.05, 0.1) is 0 Å². The van der Waals surface area contributed by atoms with Gasteiger partial charge in [-0.1, -0.05) is 32.9 Å². The van der Waals surface area contributed by atoms with E-state index in [4.69, 9.17) is 0 Å². The number of anilines is 2. The van der Waals surface area contributed by atoms with Gasteiger partial charge in [0.1, 0.15) is 0 Å². The summed E-state index contributed by atoms with van der Waals surface area (Å²) in [5.41, 5.74) is 3.41.